The predicted molar refractivity (Wildman–Crippen MR) is 97.5 cm³/mol. The molecule has 1 aliphatic rings. The lowest BCUT2D eigenvalue weighted by atomic mass is 9.96. The Morgan fingerprint density at radius 2 is 1.63 bits per heavy atom. The largest absolute Gasteiger partial charge is 0.433 e. The lowest BCUT2D eigenvalue weighted by molar-refractivity contribution is -0.141. The van der Waals surface area contributed by atoms with E-state index >= 15 is 0 Å². The summed E-state index contributed by atoms with van der Waals surface area (Å²) in [5.41, 5.74) is -0.327. The summed E-state index contributed by atoms with van der Waals surface area (Å²) in [5, 5.41) is 0. The Bertz CT molecular complexity index is 777. The van der Waals surface area contributed by atoms with E-state index in [2.05, 4.69) is 45.5 Å². The van der Waals surface area contributed by atoms with Gasteiger partial charge in [-0.3, -0.25) is 9.88 Å². The Kier molecular flexibility index (Phi) is 5.37. The van der Waals surface area contributed by atoms with Crippen molar-refractivity contribution in [2.24, 2.45) is 0 Å². The number of alkyl halides is 3. The third kappa shape index (κ3) is 4.94. The molecule has 1 saturated heterocycles. The van der Waals surface area contributed by atoms with Crippen LogP contribution in [0, 0.1) is 0 Å². The summed E-state index contributed by atoms with van der Waals surface area (Å²) in [6.45, 7) is 9.79. The highest BCUT2D eigenvalue weighted by atomic mass is 19.4. The molecule has 0 saturated carbocycles. The Morgan fingerprint density at radius 1 is 0.963 bits per heavy atom. The highest BCUT2D eigenvalue weighted by molar-refractivity contribution is 5.38. The monoisotopic (exact) mass is 379 g/mol. The Hall–Kier alpha value is -2.22. The lowest BCUT2D eigenvalue weighted by Gasteiger charge is -2.35. The first-order chi connectivity index (χ1) is 12.6. The van der Waals surface area contributed by atoms with E-state index in [0.29, 0.717) is 12.1 Å². The minimum atomic E-state index is -4.41. The maximum Gasteiger partial charge on any atom is 0.433 e. The van der Waals surface area contributed by atoms with Crippen molar-refractivity contribution in [2.75, 3.05) is 31.1 Å². The highest BCUT2D eigenvalue weighted by Crippen LogP contribution is 2.28. The number of hydrogen-bond acceptors (Lipinski definition) is 5. The summed E-state index contributed by atoms with van der Waals surface area (Å²) >= 11 is 0. The van der Waals surface area contributed by atoms with Crippen LogP contribution in [0.4, 0.5) is 19.0 Å². The molecule has 0 atom stereocenters. The third-order valence-corrected chi connectivity index (χ3v) is 4.53. The van der Waals surface area contributed by atoms with Gasteiger partial charge in [0.2, 0.25) is 0 Å². The molecule has 146 valence electrons. The van der Waals surface area contributed by atoms with Gasteiger partial charge < -0.3 is 4.90 Å². The molecule has 5 nitrogen and oxygen atoms in total. The average molecular weight is 379 g/mol. The van der Waals surface area contributed by atoms with Crippen LogP contribution in [0.2, 0.25) is 0 Å². The number of rotatable bonds is 3. The van der Waals surface area contributed by atoms with E-state index in [1.807, 2.05) is 6.07 Å². The second-order valence-electron chi connectivity index (χ2n) is 7.80. The lowest BCUT2D eigenvalue weighted by Crippen LogP contribution is -2.46. The fraction of sp³-hybridized carbons (Fsp3) is 0.526. The molecular formula is C19H24F3N5. The zero-order chi connectivity index (χ0) is 19.7. The predicted octanol–water partition coefficient (Wildman–Crippen LogP) is 3.51. The van der Waals surface area contributed by atoms with E-state index in [1.54, 1.807) is 12.3 Å². The summed E-state index contributed by atoms with van der Waals surface area (Å²) in [4.78, 5) is 16.8. The van der Waals surface area contributed by atoms with Gasteiger partial charge in [0.05, 0.1) is 0 Å². The summed E-state index contributed by atoms with van der Waals surface area (Å²) in [7, 11) is 0. The molecule has 0 amide bonds. The quantitative estimate of drug-likeness (QED) is 0.817. The van der Waals surface area contributed by atoms with Crippen LogP contribution in [-0.2, 0) is 18.1 Å². The third-order valence-electron chi connectivity index (χ3n) is 4.53. The Labute approximate surface area is 157 Å². The van der Waals surface area contributed by atoms with Gasteiger partial charge >= 0.3 is 6.18 Å². The number of piperazine rings is 1. The van der Waals surface area contributed by atoms with Crippen molar-refractivity contribution >= 4 is 5.82 Å². The fourth-order valence-electron chi connectivity index (χ4n) is 3.01. The van der Waals surface area contributed by atoms with Crippen LogP contribution in [0.5, 0.6) is 0 Å². The number of halogens is 3. The van der Waals surface area contributed by atoms with Crippen LogP contribution >= 0.6 is 0 Å². The number of nitrogens with zero attached hydrogens (tertiary/aromatic N) is 5. The number of hydrogen-bond donors (Lipinski definition) is 0. The van der Waals surface area contributed by atoms with Crippen LogP contribution in [0.3, 0.4) is 0 Å². The SMILES string of the molecule is CC(C)(C)c1nccc(N2CCN(Cc3ccnc(C(F)(F)F)c3)CC2)n1. The molecule has 1 aliphatic heterocycles. The summed E-state index contributed by atoms with van der Waals surface area (Å²) in [6.07, 6.45) is -1.40. The van der Waals surface area contributed by atoms with Crippen LogP contribution in [0.1, 0.15) is 37.9 Å². The van der Waals surface area contributed by atoms with E-state index in [-0.39, 0.29) is 5.41 Å². The molecule has 0 unspecified atom stereocenters. The normalized spacial score (nSPS) is 16.6. The Morgan fingerprint density at radius 3 is 2.26 bits per heavy atom. The van der Waals surface area contributed by atoms with Gasteiger partial charge in [-0.1, -0.05) is 20.8 Å². The second kappa shape index (κ2) is 7.42. The molecule has 3 heterocycles. The van der Waals surface area contributed by atoms with Gasteiger partial charge in [-0.05, 0) is 23.8 Å². The molecule has 27 heavy (non-hydrogen) atoms. The molecular weight excluding hydrogens is 355 g/mol. The van der Waals surface area contributed by atoms with Crippen LogP contribution < -0.4 is 4.90 Å². The first kappa shape index (κ1) is 19.5. The average Bonchev–Trinajstić information content (AvgIpc) is 2.61. The van der Waals surface area contributed by atoms with Crippen molar-refractivity contribution in [3.8, 4) is 0 Å². The second-order valence-corrected chi connectivity index (χ2v) is 7.80. The van der Waals surface area contributed by atoms with Gasteiger partial charge in [0.25, 0.3) is 0 Å². The molecule has 0 aromatic carbocycles. The maximum atomic E-state index is 12.8. The van der Waals surface area contributed by atoms with Gasteiger partial charge in [0, 0.05) is 50.5 Å². The molecule has 1 fully saturated rings. The molecule has 8 heteroatoms. The highest BCUT2D eigenvalue weighted by Gasteiger charge is 2.32. The van der Waals surface area contributed by atoms with Crippen molar-refractivity contribution in [1.29, 1.82) is 0 Å². The minimum Gasteiger partial charge on any atom is -0.354 e. The molecule has 3 rings (SSSR count). The zero-order valence-corrected chi connectivity index (χ0v) is 15.8. The van der Waals surface area contributed by atoms with E-state index in [4.69, 9.17) is 0 Å². The number of aromatic nitrogens is 3. The maximum absolute atomic E-state index is 12.8. The zero-order valence-electron chi connectivity index (χ0n) is 15.8. The summed E-state index contributed by atoms with van der Waals surface area (Å²) in [6, 6.07) is 4.68. The van der Waals surface area contributed by atoms with Crippen LogP contribution in [0.25, 0.3) is 0 Å². The van der Waals surface area contributed by atoms with E-state index in [9.17, 15) is 13.2 Å². The van der Waals surface area contributed by atoms with Gasteiger partial charge in [-0.25, -0.2) is 9.97 Å². The van der Waals surface area contributed by atoms with E-state index in [0.717, 1.165) is 43.9 Å². The summed E-state index contributed by atoms with van der Waals surface area (Å²) in [5.74, 6) is 1.71. The standard InChI is InChI=1S/C19H24F3N5/c1-18(2,3)17-24-7-5-16(25-17)27-10-8-26(9-11-27)13-14-4-6-23-15(12-14)19(20,21)22/h4-7,12H,8-11,13H2,1-3H3. The van der Waals surface area contributed by atoms with Crippen molar-refractivity contribution in [3.63, 3.8) is 0 Å². The van der Waals surface area contributed by atoms with Crippen molar-refractivity contribution < 1.29 is 13.2 Å². The smallest absolute Gasteiger partial charge is 0.354 e. The molecule has 0 spiro atoms. The molecule has 0 radical (unpaired) electrons. The molecule has 0 bridgehead atoms. The van der Waals surface area contributed by atoms with Crippen LogP contribution in [0.15, 0.2) is 30.6 Å². The topological polar surface area (TPSA) is 45.2 Å². The van der Waals surface area contributed by atoms with Gasteiger partial charge in [0.15, 0.2) is 0 Å². The van der Waals surface area contributed by atoms with E-state index < -0.39 is 11.9 Å². The molecule has 0 aliphatic carbocycles. The summed E-state index contributed by atoms with van der Waals surface area (Å²) < 4.78 is 38.4. The number of pyridine rings is 1. The van der Waals surface area contributed by atoms with Gasteiger partial charge in [0.1, 0.15) is 17.3 Å². The fourth-order valence-corrected chi connectivity index (χ4v) is 3.01. The van der Waals surface area contributed by atoms with Crippen molar-refractivity contribution in [3.05, 3.63) is 47.7 Å². The van der Waals surface area contributed by atoms with E-state index in [1.165, 1.54) is 6.20 Å². The van der Waals surface area contributed by atoms with Crippen molar-refractivity contribution in [1.82, 2.24) is 19.9 Å². The minimum absolute atomic E-state index is 0.116. The first-order valence-electron chi connectivity index (χ1n) is 8.96. The molecule has 2 aromatic heterocycles. The van der Waals surface area contributed by atoms with Crippen molar-refractivity contribution in [2.45, 2.75) is 38.9 Å². The molecule has 0 N–H and O–H groups in total. The van der Waals surface area contributed by atoms with Crippen LogP contribution in [-0.4, -0.2) is 46.0 Å². The number of anilines is 1. The van der Waals surface area contributed by atoms with Gasteiger partial charge in [-0.2, -0.15) is 13.2 Å². The first-order valence-corrected chi connectivity index (χ1v) is 8.96. The Balaban J connectivity index is 1.61. The van der Waals surface area contributed by atoms with Gasteiger partial charge in [-0.15, -0.1) is 0 Å². The molecule has 2 aromatic rings.